The molecule has 0 aromatic heterocycles. The van der Waals surface area contributed by atoms with E-state index in [1.807, 2.05) is 0 Å². The van der Waals surface area contributed by atoms with Gasteiger partial charge in [0.05, 0.1) is 0 Å². The first kappa shape index (κ1) is 10.9. The maximum absolute atomic E-state index is 12.2. The number of amides is 1. The molecular weight excluding hydrogens is 188 g/mol. The fourth-order valence-electron chi connectivity index (χ4n) is 2.55. The van der Waals surface area contributed by atoms with E-state index in [0.29, 0.717) is 17.9 Å². The van der Waals surface area contributed by atoms with Crippen molar-refractivity contribution >= 4 is 5.91 Å². The van der Waals surface area contributed by atoms with Crippen LogP contribution in [-0.4, -0.2) is 36.5 Å². The first-order chi connectivity index (χ1) is 7.20. The zero-order valence-corrected chi connectivity index (χ0v) is 9.83. The quantitative estimate of drug-likeness (QED) is 0.744. The second kappa shape index (κ2) is 4.52. The Labute approximate surface area is 92.2 Å². The minimum absolute atomic E-state index is 0.215. The van der Waals surface area contributed by atoms with Gasteiger partial charge in [0.15, 0.2) is 0 Å². The normalized spacial score (nSPS) is 29.7. The first-order valence-corrected chi connectivity index (χ1v) is 6.21. The van der Waals surface area contributed by atoms with Crippen LogP contribution in [-0.2, 0) is 4.79 Å². The molecule has 15 heavy (non-hydrogen) atoms. The molecule has 1 amide bonds. The van der Waals surface area contributed by atoms with Gasteiger partial charge in [0.2, 0.25) is 5.91 Å². The van der Waals surface area contributed by atoms with Crippen LogP contribution in [0.4, 0.5) is 0 Å². The molecule has 0 aromatic rings. The summed E-state index contributed by atoms with van der Waals surface area (Å²) < 4.78 is 0. The molecule has 2 fully saturated rings. The topological polar surface area (TPSA) is 32.3 Å². The van der Waals surface area contributed by atoms with Gasteiger partial charge < -0.3 is 10.2 Å². The van der Waals surface area contributed by atoms with E-state index >= 15 is 0 Å². The molecule has 86 valence electrons. The predicted molar refractivity (Wildman–Crippen MR) is 60.5 cm³/mol. The van der Waals surface area contributed by atoms with Gasteiger partial charge in [-0.1, -0.05) is 6.92 Å². The van der Waals surface area contributed by atoms with E-state index in [-0.39, 0.29) is 5.92 Å². The van der Waals surface area contributed by atoms with Crippen LogP contribution in [0.25, 0.3) is 0 Å². The highest BCUT2D eigenvalue weighted by atomic mass is 16.2. The van der Waals surface area contributed by atoms with Crippen LogP contribution in [0, 0.1) is 11.8 Å². The lowest BCUT2D eigenvalue weighted by molar-refractivity contribution is -0.140. The van der Waals surface area contributed by atoms with Gasteiger partial charge in [-0.3, -0.25) is 4.79 Å². The smallest absolute Gasteiger partial charge is 0.226 e. The number of carbonyl (C=O) groups excluding carboxylic acids is 1. The Morgan fingerprint density at radius 3 is 2.67 bits per heavy atom. The summed E-state index contributed by atoms with van der Waals surface area (Å²) >= 11 is 0. The van der Waals surface area contributed by atoms with Gasteiger partial charge in [-0.2, -0.15) is 0 Å². The fraction of sp³-hybridized carbons (Fsp3) is 0.917. The molecule has 2 rings (SSSR count). The molecule has 0 saturated carbocycles. The Kier molecular flexibility index (Phi) is 3.29. The third-order valence-electron chi connectivity index (χ3n) is 4.00. The number of piperidine rings is 1. The lowest BCUT2D eigenvalue weighted by Crippen LogP contribution is -2.52. The average Bonchev–Trinajstić information content (AvgIpc) is 2.15. The molecule has 2 atom stereocenters. The molecule has 0 bridgehead atoms. The number of likely N-dealkylation sites (tertiary alicyclic amines) is 1. The van der Waals surface area contributed by atoms with Gasteiger partial charge >= 0.3 is 0 Å². The van der Waals surface area contributed by atoms with Gasteiger partial charge in [-0.05, 0) is 45.2 Å². The summed E-state index contributed by atoms with van der Waals surface area (Å²) in [7, 11) is 0. The molecule has 3 heteroatoms. The number of nitrogens with zero attached hydrogens (tertiary/aromatic N) is 1. The van der Waals surface area contributed by atoms with Crippen LogP contribution in [0.5, 0.6) is 0 Å². The maximum Gasteiger partial charge on any atom is 0.226 e. The van der Waals surface area contributed by atoms with Crippen LogP contribution in [0.15, 0.2) is 0 Å². The molecule has 0 aromatic carbocycles. The third-order valence-corrected chi connectivity index (χ3v) is 4.00. The zero-order valence-electron chi connectivity index (χ0n) is 9.83. The minimum atomic E-state index is 0.215. The monoisotopic (exact) mass is 210 g/mol. The van der Waals surface area contributed by atoms with Crippen molar-refractivity contribution in [2.75, 3.05) is 19.6 Å². The number of nitrogens with one attached hydrogen (secondary N) is 1. The fourth-order valence-corrected chi connectivity index (χ4v) is 2.55. The Morgan fingerprint density at radius 1 is 1.40 bits per heavy atom. The van der Waals surface area contributed by atoms with Gasteiger partial charge in [0.1, 0.15) is 0 Å². The number of hydrogen-bond donors (Lipinski definition) is 1. The maximum atomic E-state index is 12.2. The highest BCUT2D eigenvalue weighted by molar-refractivity contribution is 5.79. The lowest BCUT2D eigenvalue weighted by atomic mass is 9.87. The van der Waals surface area contributed by atoms with E-state index < -0.39 is 0 Å². The molecule has 2 saturated heterocycles. The van der Waals surface area contributed by atoms with E-state index in [1.54, 1.807) is 0 Å². The number of carbonyl (C=O) groups is 1. The molecule has 2 unspecified atom stereocenters. The predicted octanol–water partition coefficient (Wildman–Crippen LogP) is 1.24. The van der Waals surface area contributed by atoms with E-state index in [2.05, 4.69) is 24.1 Å². The van der Waals surface area contributed by atoms with Crippen molar-refractivity contribution < 1.29 is 4.79 Å². The van der Waals surface area contributed by atoms with Crippen molar-refractivity contribution in [3.05, 3.63) is 0 Å². The lowest BCUT2D eigenvalue weighted by Gasteiger charge is -2.39. The Morgan fingerprint density at radius 2 is 2.13 bits per heavy atom. The standard InChI is InChI=1S/C12H22N2O/c1-9-5-3-4-6-14(9)12(15)10(2)11-7-13-8-11/h9-11,13H,3-8H2,1-2H3. The zero-order chi connectivity index (χ0) is 10.8. The van der Waals surface area contributed by atoms with E-state index in [1.165, 1.54) is 19.3 Å². The Hall–Kier alpha value is -0.570. The largest absolute Gasteiger partial charge is 0.340 e. The van der Waals surface area contributed by atoms with E-state index in [9.17, 15) is 4.79 Å². The molecule has 2 aliphatic rings. The number of rotatable bonds is 2. The number of hydrogen-bond acceptors (Lipinski definition) is 2. The summed E-state index contributed by atoms with van der Waals surface area (Å²) in [6.45, 7) is 7.30. The summed E-state index contributed by atoms with van der Waals surface area (Å²) in [5, 5.41) is 3.24. The summed E-state index contributed by atoms with van der Waals surface area (Å²) in [6, 6.07) is 0.460. The second-order valence-corrected chi connectivity index (χ2v) is 5.08. The van der Waals surface area contributed by atoms with Gasteiger partial charge in [0.25, 0.3) is 0 Å². The van der Waals surface area contributed by atoms with Crippen LogP contribution in [0.2, 0.25) is 0 Å². The van der Waals surface area contributed by atoms with Crippen molar-refractivity contribution in [3.8, 4) is 0 Å². The van der Waals surface area contributed by atoms with Crippen molar-refractivity contribution in [1.82, 2.24) is 10.2 Å². The van der Waals surface area contributed by atoms with Gasteiger partial charge in [-0.25, -0.2) is 0 Å². The average molecular weight is 210 g/mol. The van der Waals surface area contributed by atoms with Crippen molar-refractivity contribution in [1.29, 1.82) is 0 Å². The second-order valence-electron chi connectivity index (χ2n) is 5.08. The molecule has 2 heterocycles. The van der Waals surface area contributed by atoms with E-state index in [4.69, 9.17) is 0 Å². The molecular formula is C12H22N2O. The van der Waals surface area contributed by atoms with Gasteiger partial charge in [0, 0.05) is 18.5 Å². The molecule has 0 aliphatic carbocycles. The summed E-state index contributed by atoms with van der Waals surface area (Å²) in [5.41, 5.74) is 0. The minimum Gasteiger partial charge on any atom is -0.340 e. The molecule has 1 N–H and O–H groups in total. The van der Waals surface area contributed by atoms with Crippen LogP contribution in [0.1, 0.15) is 33.1 Å². The first-order valence-electron chi connectivity index (χ1n) is 6.21. The van der Waals surface area contributed by atoms with Crippen molar-refractivity contribution in [3.63, 3.8) is 0 Å². The highest BCUT2D eigenvalue weighted by Gasteiger charge is 2.33. The summed E-state index contributed by atoms with van der Waals surface area (Å²) in [6.07, 6.45) is 3.65. The van der Waals surface area contributed by atoms with E-state index in [0.717, 1.165) is 19.6 Å². The molecule has 0 radical (unpaired) electrons. The van der Waals surface area contributed by atoms with Gasteiger partial charge in [-0.15, -0.1) is 0 Å². The van der Waals surface area contributed by atoms with Crippen LogP contribution in [0.3, 0.4) is 0 Å². The molecule has 2 aliphatic heterocycles. The highest BCUT2D eigenvalue weighted by Crippen LogP contribution is 2.23. The summed E-state index contributed by atoms with van der Waals surface area (Å²) in [4.78, 5) is 14.3. The molecule has 3 nitrogen and oxygen atoms in total. The summed E-state index contributed by atoms with van der Waals surface area (Å²) in [5.74, 6) is 1.17. The SMILES string of the molecule is CC(C(=O)N1CCCCC1C)C1CNC1. The third kappa shape index (κ3) is 2.17. The Balaban J connectivity index is 1.92. The van der Waals surface area contributed by atoms with Crippen molar-refractivity contribution in [2.24, 2.45) is 11.8 Å². The Bertz CT molecular complexity index is 238. The molecule has 0 spiro atoms. The van der Waals surface area contributed by atoms with Crippen molar-refractivity contribution in [2.45, 2.75) is 39.2 Å². The van der Waals surface area contributed by atoms with Crippen LogP contribution < -0.4 is 5.32 Å². The van der Waals surface area contributed by atoms with Crippen LogP contribution >= 0.6 is 0 Å².